The number of halogens is 1. The fourth-order valence-corrected chi connectivity index (χ4v) is 2.96. The number of amides is 2. The van der Waals surface area contributed by atoms with E-state index in [0.29, 0.717) is 13.0 Å². The molecule has 1 aromatic carbocycles. The lowest BCUT2D eigenvalue weighted by molar-refractivity contribution is -0.0859. The van der Waals surface area contributed by atoms with E-state index in [-0.39, 0.29) is 23.6 Å². The summed E-state index contributed by atoms with van der Waals surface area (Å²) in [7, 11) is 0. The zero-order valence-electron chi connectivity index (χ0n) is 11.1. The zero-order chi connectivity index (χ0) is 13.6. The van der Waals surface area contributed by atoms with Crippen LogP contribution in [-0.4, -0.2) is 23.2 Å². The molecule has 2 heterocycles. The van der Waals surface area contributed by atoms with Crippen LogP contribution in [0.4, 0.5) is 9.18 Å². The van der Waals surface area contributed by atoms with E-state index in [0.717, 1.165) is 12.0 Å². The Morgan fingerprint density at radius 2 is 2.37 bits per heavy atom. The van der Waals surface area contributed by atoms with Gasteiger partial charge in [-0.3, -0.25) is 4.90 Å². The molecule has 2 atom stereocenters. The molecule has 1 aromatic rings. The van der Waals surface area contributed by atoms with Gasteiger partial charge in [0.15, 0.2) is 17.3 Å². The van der Waals surface area contributed by atoms with Crippen LogP contribution >= 0.6 is 0 Å². The average Bonchev–Trinajstić information content (AvgIpc) is 2.36. The van der Waals surface area contributed by atoms with Crippen molar-refractivity contribution in [1.29, 1.82) is 0 Å². The molecule has 0 aromatic heterocycles. The van der Waals surface area contributed by atoms with E-state index in [2.05, 4.69) is 5.32 Å². The Bertz CT molecular complexity index is 534. The highest BCUT2D eigenvalue weighted by molar-refractivity contribution is 5.77. The molecular formula is C14H17FN2O2. The van der Waals surface area contributed by atoms with E-state index in [1.54, 1.807) is 17.0 Å². The van der Waals surface area contributed by atoms with Gasteiger partial charge in [0.05, 0.1) is 6.04 Å². The second-order valence-corrected chi connectivity index (χ2v) is 5.29. The van der Waals surface area contributed by atoms with Crippen molar-refractivity contribution >= 4 is 6.03 Å². The Hall–Kier alpha value is -1.78. The van der Waals surface area contributed by atoms with Crippen LogP contribution < -0.4 is 10.1 Å². The van der Waals surface area contributed by atoms with Crippen LogP contribution in [-0.2, 0) is 0 Å². The highest BCUT2D eigenvalue weighted by atomic mass is 19.1. The molecule has 102 valence electrons. The molecule has 1 saturated heterocycles. The van der Waals surface area contributed by atoms with Crippen molar-refractivity contribution in [2.75, 3.05) is 6.54 Å². The highest BCUT2D eigenvalue weighted by Gasteiger charge is 2.49. The number of urea groups is 1. The van der Waals surface area contributed by atoms with Gasteiger partial charge in [-0.1, -0.05) is 19.1 Å². The summed E-state index contributed by atoms with van der Waals surface area (Å²) < 4.78 is 19.7. The summed E-state index contributed by atoms with van der Waals surface area (Å²) in [5.74, 6) is -0.108. The molecule has 2 aliphatic heterocycles. The maximum absolute atomic E-state index is 13.9. The molecule has 0 aliphatic carbocycles. The minimum Gasteiger partial charge on any atom is -0.465 e. The minimum absolute atomic E-state index is 0.143. The lowest BCUT2D eigenvalue weighted by Crippen LogP contribution is -2.64. The van der Waals surface area contributed by atoms with Gasteiger partial charge >= 0.3 is 6.03 Å². The standard InChI is InChI=1S/C14H17FN2O2/c1-3-7-17-13(18)16-11-8-14(17,2)19-12-9(11)5-4-6-10(12)15/h4-6,11H,3,7-8H2,1-2H3,(H,16,18). The molecular weight excluding hydrogens is 247 g/mol. The number of nitrogens with one attached hydrogen (secondary N) is 1. The molecule has 2 bridgehead atoms. The molecule has 0 spiro atoms. The molecule has 0 radical (unpaired) electrons. The fraction of sp³-hybridized carbons (Fsp3) is 0.500. The maximum atomic E-state index is 13.9. The number of hydrogen-bond acceptors (Lipinski definition) is 2. The van der Waals surface area contributed by atoms with Gasteiger partial charge in [-0.25, -0.2) is 9.18 Å². The van der Waals surface area contributed by atoms with Crippen molar-refractivity contribution in [2.24, 2.45) is 0 Å². The molecule has 2 aliphatic rings. The molecule has 2 unspecified atom stereocenters. The minimum atomic E-state index is -0.766. The van der Waals surface area contributed by atoms with Crippen molar-refractivity contribution in [3.63, 3.8) is 0 Å². The lowest BCUT2D eigenvalue weighted by atomic mass is 9.90. The second kappa shape index (κ2) is 4.11. The van der Waals surface area contributed by atoms with Gasteiger partial charge in [0, 0.05) is 18.5 Å². The summed E-state index contributed by atoms with van der Waals surface area (Å²) in [6.45, 7) is 4.45. The number of hydrogen-bond donors (Lipinski definition) is 1. The summed E-state index contributed by atoms with van der Waals surface area (Å²) in [6.07, 6.45) is 1.47. The Morgan fingerprint density at radius 3 is 3.11 bits per heavy atom. The van der Waals surface area contributed by atoms with Crippen LogP contribution in [0, 0.1) is 5.82 Å². The van der Waals surface area contributed by atoms with Gasteiger partial charge in [-0.15, -0.1) is 0 Å². The zero-order valence-corrected chi connectivity index (χ0v) is 11.1. The first-order valence-electron chi connectivity index (χ1n) is 6.61. The third-order valence-corrected chi connectivity index (χ3v) is 3.84. The Labute approximate surface area is 111 Å². The normalized spacial score (nSPS) is 28.5. The van der Waals surface area contributed by atoms with E-state index < -0.39 is 5.72 Å². The van der Waals surface area contributed by atoms with Crippen LogP contribution in [0.3, 0.4) is 0 Å². The van der Waals surface area contributed by atoms with Crippen LogP contribution in [0.5, 0.6) is 5.75 Å². The predicted molar refractivity (Wildman–Crippen MR) is 68.3 cm³/mol. The number of ether oxygens (including phenoxy) is 1. The number of carbonyl (C=O) groups is 1. The van der Waals surface area contributed by atoms with Crippen LogP contribution in [0.1, 0.15) is 38.3 Å². The summed E-state index contributed by atoms with van der Waals surface area (Å²) >= 11 is 0. The summed E-state index contributed by atoms with van der Waals surface area (Å²) in [5.41, 5.74) is -0.0416. The monoisotopic (exact) mass is 264 g/mol. The first kappa shape index (κ1) is 12.3. The fourth-order valence-electron chi connectivity index (χ4n) is 2.96. The average molecular weight is 264 g/mol. The molecule has 0 saturated carbocycles. The van der Waals surface area contributed by atoms with Gasteiger partial charge in [0.25, 0.3) is 0 Å². The highest BCUT2D eigenvalue weighted by Crippen LogP contribution is 2.44. The summed E-state index contributed by atoms with van der Waals surface area (Å²) in [6, 6.07) is 4.51. The third kappa shape index (κ3) is 1.76. The van der Waals surface area contributed by atoms with Gasteiger partial charge in [0.2, 0.25) is 0 Å². The molecule has 19 heavy (non-hydrogen) atoms. The van der Waals surface area contributed by atoms with Crippen molar-refractivity contribution in [2.45, 2.75) is 38.5 Å². The van der Waals surface area contributed by atoms with Crippen molar-refractivity contribution in [1.82, 2.24) is 10.2 Å². The van der Waals surface area contributed by atoms with Crippen molar-refractivity contribution in [3.8, 4) is 5.75 Å². The first-order chi connectivity index (χ1) is 9.05. The number of carbonyl (C=O) groups excluding carboxylic acids is 1. The number of benzene rings is 1. The largest absolute Gasteiger partial charge is 0.465 e. The van der Waals surface area contributed by atoms with Gasteiger partial charge in [-0.05, 0) is 19.4 Å². The van der Waals surface area contributed by atoms with E-state index in [1.165, 1.54) is 6.07 Å². The van der Waals surface area contributed by atoms with Crippen LogP contribution in [0.2, 0.25) is 0 Å². The van der Waals surface area contributed by atoms with Crippen LogP contribution in [0.15, 0.2) is 18.2 Å². The van der Waals surface area contributed by atoms with Crippen molar-refractivity contribution in [3.05, 3.63) is 29.6 Å². The topological polar surface area (TPSA) is 41.6 Å². The molecule has 2 amide bonds. The Kier molecular flexibility index (Phi) is 2.66. The lowest BCUT2D eigenvalue weighted by Gasteiger charge is -2.50. The number of para-hydroxylation sites is 1. The number of rotatable bonds is 2. The SMILES string of the molecule is CCCN1C(=O)NC2CC1(C)Oc1c(F)cccc12. The summed E-state index contributed by atoms with van der Waals surface area (Å²) in [5, 5.41) is 2.93. The van der Waals surface area contributed by atoms with E-state index in [4.69, 9.17) is 4.74 Å². The van der Waals surface area contributed by atoms with Gasteiger partial charge in [0.1, 0.15) is 0 Å². The second-order valence-electron chi connectivity index (χ2n) is 5.29. The molecule has 1 N–H and O–H groups in total. The predicted octanol–water partition coefficient (Wildman–Crippen LogP) is 2.80. The molecule has 4 nitrogen and oxygen atoms in total. The molecule has 3 rings (SSSR count). The number of fused-ring (bicyclic) bond motifs is 4. The Morgan fingerprint density at radius 1 is 1.58 bits per heavy atom. The van der Waals surface area contributed by atoms with E-state index in [9.17, 15) is 9.18 Å². The molecule has 1 fully saturated rings. The van der Waals surface area contributed by atoms with Crippen LogP contribution in [0.25, 0.3) is 0 Å². The van der Waals surface area contributed by atoms with E-state index in [1.807, 2.05) is 13.8 Å². The van der Waals surface area contributed by atoms with Crippen molar-refractivity contribution < 1.29 is 13.9 Å². The maximum Gasteiger partial charge on any atom is 0.320 e. The first-order valence-corrected chi connectivity index (χ1v) is 6.61. The Balaban J connectivity index is 2.06. The summed E-state index contributed by atoms with van der Waals surface area (Å²) in [4.78, 5) is 13.8. The van der Waals surface area contributed by atoms with Gasteiger partial charge in [-0.2, -0.15) is 0 Å². The quantitative estimate of drug-likeness (QED) is 0.892. The number of nitrogens with zero attached hydrogens (tertiary/aromatic N) is 1. The molecule has 5 heteroatoms. The van der Waals surface area contributed by atoms with E-state index >= 15 is 0 Å². The van der Waals surface area contributed by atoms with Gasteiger partial charge < -0.3 is 10.1 Å². The smallest absolute Gasteiger partial charge is 0.320 e. The third-order valence-electron chi connectivity index (χ3n) is 3.84.